The molecular formula is C12H26N2O3S. The first kappa shape index (κ1) is 15.9. The molecule has 0 spiro atoms. The largest absolute Gasteiger partial charge is 0.383 e. The van der Waals surface area contributed by atoms with E-state index < -0.39 is 15.3 Å². The molecule has 2 N–H and O–H groups in total. The molecule has 0 heterocycles. The van der Waals surface area contributed by atoms with Crippen molar-refractivity contribution in [3.8, 4) is 0 Å². The molecular weight excluding hydrogens is 252 g/mol. The van der Waals surface area contributed by atoms with Crippen molar-refractivity contribution in [2.45, 2.75) is 44.4 Å². The molecule has 6 heteroatoms. The van der Waals surface area contributed by atoms with Gasteiger partial charge in [-0.1, -0.05) is 6.92 Å². The van der Waals surface area contributed by atoms with Gasteiger partial charge in [-0.25, -0.2) is 8.42 Å². The lowest BCUT2D eigenvalue weighted by molar-refractivity contribution is 0.163. The number of rotatable bonds is 9. The Morgan fingerprint density at radius 1 is 1.44 bits per heavy atom. The second-order valence-electron chi connectivity index (χ2n) is 4.99. The van der Waals surface area contributed by atoms with Crippen LogP contribution in [0.1, 0.15) is 33.1 Å². The number of ether oxygens (including phenoxy) is 1. The van der Waals surface area contributed by atoms with Gasteiger partial charge in [0.1, 0.15) is 0 Å². The summed E-state index contributed by atoms with van der Waals surface area (Å²) >= 11 is 0. The Morgan fingerprint density at radius 2 is 2.06 bits per heavy atom. The fourth-order valence-electron chi connectivity index (χ4n) is 2.25. The molecule has 18 heavy (non-hydrogen) atoms. The van der Waals surface area contributed by atoms with Crippen molar-refractivity contribution in [1.82, 2.24) is 4.31 Å². The highest BCUT2D eigenvalue weighted by atomic mass is 32.2. The summed E-state index contributed by atoms with van der Waals surface area (Å²) in [6, 6.07) is 0.0609. The van der Waals surface area contributed by atoms with Gasteiger partial charge < -0.3 is 10.5 Å². The first-order valence-corrected chi connectivity index (χ1v) is 8.19. The molecule has 2 unspecified atom stereocenters. The third kappa shape index (κ3) is 3.66. The molecule has 0 bridgehead atoms. The summed E-state index contributed by atoms with van der Waals surface area (Å²) in [6.07, 6.45) is 2.80. The molecule has 0 aromatic rings. The SMILES string of the molecule is CCC(CN)S(=O)(=O)N(CCOC)C(C)C1CC1. The van der Waals surface area contributed by atoms with E-state index in [0.717, 1.165) is 12.8 Å². The topological polar surface area (TPSA) is 72.6 Å². The number of hydrogen-bond acceptors (Lipinski definition) is 4. The standard InChI is InChI=1S/C12H26N2O3S/c1-4-12(9-13)18(15,16)14(7-8-17-3)10(2)11-5-6-11/h10-12H,4-9,13H2,1-3H3. The van der Waals surface area contributed by atoms with Crippen LogP contribution in [0.3, 0.4) is 0 Å². The number of nitrogens with two attached hydrogens (primary N) is 1. The molecule has 0 radical (unpaired) electrons. The van der Waals surface area contributed by atoms with Crippen LogP contribution in [-0.4, -0.2) is 50.8 Å². The zero-order valence-corrected chi connectivity index (χ0v) is 12.4. The van der Waals surface area contributed by atoms with E-state index in [1.807, 2.05) is 13.8 Å². The molecule has 0 aromatic heterocycles. The van der Waals surface area contributed by atoms with E-state index in [-0.39, 0.29) is 12.6 Å². The van der Waals surface area contributed by atoms with Crippen molar-refractivity contribution in [3.05, 3.63) is 0 Å². The van der Waals surface area contributed by atoms with Crippen molar-refractivity contribution in [3.63, 3.8) is 0 Å². The summed E-state index contributed by atoms with van der Waals surface area (Å²) < 4.78 is 31.8. The van der Waals surface area contributed by atoms with Crippen LogP contribution in [0.25, 0.3) is 0 Å². The predicted molar refractivity (Wildman–Crippen MR) is 72.8 cm³/mol. The Morgan fingerprint density at radius 3 is 2.44 bits per heavy atom. The molecule has 1 rings (SSSR count). The van der Waals surface area contributed by atoms with E-state index in [0.29, 0.717) is 25.5 Å². The Labute approximate surface area is 111 Å². The highest BCUT2D eigenvalue weighted by Crippen LogP contribution is 2.36. The zero-order valence-electron chi connectivity index (χ0n) is 11.6. The Balaban J connectivity index is 2.85. The van der Waals surface area contributed by atoms with Gasteiger partial charge in [0.15, 0.2) is 0 Å². The van der Waals surface area contributed by atoms with Crippen LogP contribution in [0.5, 0.6) is 0 Å². The van der Waals surface area contributed by atoms with Gasteiger partial charge in [0.25, 0.3) is 0 Å². The van der Waals surface area contributed by atoms with Crippen LogP contribution in [0.2, 0.25) is 0 Å². The van der Waals surface area contributed by atoms with Gasteiger partial charge in [-0.3, -0.25) is 0 Å². The normalized spacial score (nSPS) is 20.1. The van der Waals surface area contributed by atoms with Crippen molar-refractivity contribution in [2.24, 2.45) is 11.7 Å². The van der Waals surface area contributed by atoms with E-state index in [1.165, 1.54) is 0 Å². The molecule has 1 aliphatic carbocycles. The molecule has 2 atom stereocenters. The minimum absolute atomic E-state index is 0.0609. The maximum atomic E-state index is 12.6. The van der Waals surface area contributed by atoms with Gasteiger partial charge in [0.2, 0.25) is 10.0 Å². The molecule has 1 fully saturated rings. The van der Waals surface area contributed by atoms with Crippen LogP contribution in [0.4, 0.5) is 0 Å². The molecule has 1 aliphatic rings. The van der Waals surface area contributed by atoms with Gasteiger partial charge in [-0.15, -0.1) is 0 Å². The van der Waals surface area contributed by atoms with Gasteiger partial charge in [-0.2, -0.15) is 4.31 Å². The van der Waals surface area contributed by atoms with E-state index in [1.54, 1.807) is 11.4 Å². The Hall–Kier alpha value is -0.170. The monoisotopic (exact) mass is 278 g/mol. The second-order valence-corrected chi connectivity index (χ2v) is 7.16. The summed E-state index contributed by atoms with van der Waals surface area (Å²) in [5, 5.41) is -0.476. The lowest BCUT2D eigenvalue weighted by Crippen LogP contribution is -2.48. The molecule has 1 saturated carbocycles. The molecule has 0 aliphatic heterocycles. The minimum atomic E-state index is -3.31. The average molecular weight is 278 g/mol. The quantitative estimate of drug-likeness (QED) is 0.677. The Bertz CT molecular complexity index is 337. The molecule has 5 nitrogen and oxygen atoms in total. The average Bonchev–Trinajstić information content (AvgIpc) is 3.14. The van der Waals surface area contributed by atoms with Gasteiger partial charge in [-0.05, 0) is 32.1 Å². The first-order valence-electron chi connectivity index (χ1n) is 6.68. The molecule has 0 amide bonds. The fourth-order valence-corrected chi connectivity index (χ4v) is 4.26. The Kier molecular flexibility index (Phi) is 6.04. The number of nitrogens with zero attached hydrogens (tertiary/aromatic N) is 1. The zero-order chi connectivity index (χ0) is 13.8. The van der Waals surface area contributed by atoms with Crippen LogP contribution in [-0.2, 0) is 14.8 Å². The molecule has 0 aromatic carbocycles. The van der Waals surface area contributed by atoms with E-state index >= 15 is 0 Å². The lowest BCUT2D eigenvalue weighted by Gasteiger charge is -2.31. The second kappa shape index (κ2) is 6.84. The third-order valence-electron chi connectivity index (χ3n) is 3.74. The summed E-state index contributed by atoms with van der Waals surface area (Å²) in [6.45, 7) is 4.89. The minimum Gasteiger partial charge on any atom is -0.383 e. The number of sulfonamides is 1. The highest BCUT2D eigenvalue weighted by Gasteiger charge is 2.39. The molecule has 108 valence electrons. The van der Waals surface area contributed by atoms with E-state index in [9.17, 15) is 8.42 Å². The highest BCUT2D eigenvalue weighted by molar-refractivity contribution is 7.89. The van der Waals surface area contributed by atoms with Crippen LogP contribution in [0, 0.1) is 5.92 Å². The van der Waals surface area contributed by atoms with E-state index in [4.69, 9.17) is 10.5 Å². The summed E-state index contributed by atoms with van der Waals surface area (Å²) in [4.78, 5) is 0. The predicted octanol–water partition coefficient (Wildman–Crippen LogP) is 0.800. The van der Waals surface area contributed by atoms with Gasteiger partial charge in [0, 0.05) is 26.2 Å². The van der Waals surface area contributed by atoms with Crippen LogP contribution in [0.15, 0.2) is 0 Å². The smallest absolute Gasteiger partial charge is 0.218 e. The van der Waals surface area contributed by atoms with Crippen molar-refractivity contribution < 1.29 is 13.2 Å². The van der Waals surface area contributed by atoms with Gasteiger partial charge in [0.05, 0.1) is 11.9 Å². The first-order chi connectivity index (χ1) is 8.48. The van der Waals surface area contributed by atoms with Crippen LogP contribution < -0.4 is 5.73 Å². The number of hydrogen-bond donors (Lipinski definition) is 1. The maximum Gasteiger partial charge on any atom is 0.218 e. The van der Waals surface area contributed by atoms with Crippen molar-refractivity contribution >= 4 is 10.0 Å². The summed E-state index contributed by atoms with van der Waals surface area (Å²) in [5.41, 5.74) is 5.59. The van der Waals surface area contributed by atoms with Crippen molar-refractivity contribution in [1.29, 1.82) is 0 Å². The van der Waals surface area contributed by atoms with Gasteiger partial charge >= 0.3 is 0 Å². The van der Waals surface area contributed by atoms with E-state index in [2.05, 4.69) is 0 Å². The van der Waals surface area contributed by atoms with Crippen LogP contribution >= 0.6 is 0 Å². The van der Waals surface area contributed by atoms with Crippen molar-refractivity contribution in [2.75, 3.05) is 26.8 Å². The summed E-state index contributed by atoms with van der Waals surface area (Å²) in [7, 11) is -1.72. The fraction of sp³-hybridized carbons (Fsp3) is 1.00. The molecule has 0 saturated heterocycles. The maximum absolute atomic E-state index is 12.6. The number of methoxy groups -OCH3 is 1. The lowest BCUT2D eigenvalue weighted by atomic mass is 10.2. The third-order valence-corrected chi connectivity index (χ3v) is 6.28. The summed E-state index contributed by atoms with van der Waals surface area (Å²) in [5.74, 6) is 0.506.